The van der Waals surface area contributed by atoms with Crippen molar-refractivity contribution in [3.63, 3.8) is 0 Å². The van der Waals surface area contributed by atoms with Crippen LogP contribution < -0.4 is 15.8 Å². The van der Waals surface area contributed by atoms with Gasteiger partial charge in [-0.3, -0.25) is 4.99 Å². The van der Waals surface area contributed by atoms with Crippen molar-refractivity contribution in [2.45, 2.75) is 24.6 Å². The summed E-state index contributed by atoms with van der Waals surface area (Å²) < 4.78 is 5.88. The number of anilines is 2. The average Bonchev–Trinajstić information content (AvgIpc) is 3.19. The normalized spacial score (nSPS) is 19.4. The van der Waals surface area contributed by atoms with E-state index >= 15 is 0 Å². The maximum Gasteiger partial charge on any atom is 0.209 e. The summed E-state index contributed by atoms with van der Waals surface area (Å²) >= 11 is 3.18. The van der Waals surface area contributed by atoms with Gasteiger partial charge in [-0.25, -0.2) is 0 Å². The number of nitrogens with one attached hydrogen (secondary N) is 1. The van der Waals surface area contributed by atoms with Gasteiger partial charge in [0.2, 0.25) is 5.13 Å². The topological polar surface area (TPSA) is 85.4 Å². The molecule has 0 radical (unpaired) electrons. The molecule has 1 aromatic heterocycles. The number of hydrogen-bond acceptors (Lipinski definition) is 8. The van der Waals surface area contributed by atoms with Gasteiger partial charge >= 0.3 is 0 Å². The number of aliphatic imine (C=N–C) groups is 1. The lowest BCUT2D eigenvalue weighted by Crippen LogP contribution is -2.17. The minimum Gasteiger partial charge on any atom is -0.493 e. The van der Waals surface area contributed by atoms with Gasteiger partial charge in [0.25, 0.3) is 0 Å². The molecule has 0 saturated heterocycles. The minimum atomic E-state index is 0.353. The van der Waals surface area contributed by atoms with Gasteiger partial charge < -0.3 is 15.8 Å². The first-order chi connectivity index (χ1) is 11.6. The van der Waals surface area contributed by atoms with Gasteiger partial charge in [-0.1, -0.05) is 17.9 Å². The van der Waals surface area contributed by atoms with Gasteiger partial charge in [-0.2, -0.15) is 0 Å². The van der Waals surface area contributed by atoms with Crippen LogP contribution >= 0.6 is 23.1 Å². The second-order valence-electron chi connectivity index (χ2n) is 5.44. The highest BCUT2D eigenvalue weighted by molar-refractivity contribution is 8.12. The Hall–Kier alpha value is -2.06. The zero-order chi connectivity index (χ0) is 16.9. The van der Waals surface area contributed by atoms with Gasteiger partial charge in [-0.15, -0.1) is 22.0 Å². The second-order valence-corrected chi connectivity index (χ2v) is 7.37. The van der Waals surface area contributed by atoms with Gasteiger partial charge in [0.05, 0.1) is 18.2 Å². The molecule has 8 heteroatoms. The first-order valence-electron chi connectivity index (χ1n) is 7.55. The molecule has 2 aromatic rings. The summed E-state index contributed by atoms with van der Waals surface area (Å²) in [5.74, 6) is 0.738. The molecule has 1 aromatic carbocycles. The number of nitrogen functional groups attached to an aromatic ring is 1. The van der Waals surface area contributed by atoms with Gasteiger partial charge in [0.1, 0.15) is 11.3 Å². The minimum absolute atomic E-state index is 0.353. The summed E-state index contributed by atoms with van der Waals surface area (Å²) in [6.45, 7) is 6.79. The largest absolute Gasteiger partial charge is 0.493 e. The smallest absolute Gasteiger partial charge is 0.209 e. The molecule has 0 amide bonds. The number of rotatable bonds is 7. The fourth-order valence-electron chi connectivity index (χ4n) is 2.33. The molecule has 1 aliphatic rings. The van der Waals surface area contributed by atoms with Crippen LogP contribution in [0.5, 0.6) is 5.75 Å². The number of benzene rings is 1. The number of ether oxygens (including phenoxy) is 1. The SMILES string of the molecule is C=C(Nc1nncs1)c1cc(N)cc(OCCC2SC=NC2C)c1. The molecule has 0 fully saturated rings. The van der Waals surface area contributed by atoms with Crippen molar-refractivity contribution in [2.75, 3.05) is 17.7 Å². The molecule has 2 heterocycles. The molecular formula is C16H19N5OS2. The second kappa shape index (κ2) is 7.67. The highest BCUT2D eigenvalue weighted by Gasteiger charge is 2.20. The quantitative estimate of drug-likeness (QED) is 0.734. The highest BCUT2D eigenvalue weighted by Crippen LogP contribution is 2.27. The molecule has 0 spiro atoms. The zero-order valence-electron chi connectivity index (χ0n) is 13.3. The van der Waals surface area contributed by atoms with E-state index < -0.39 is 0 Å². The average molecular weight is 361 g/mol. The molecule has 2 atom stereocenters. The van der Waals surface area contributed by atoms with E-state index in [1.54, 1.807) is 17.3 Å². The summed E-state index contributed by atoms with van der Waals surface area (Å²) in [7, 11) is 0. The lowest BCUT2D eigenvalue weighted by Gasteiger charge is -2.15. The van der Waals surface area contributed by atoms with E-state index in [-0.39, 0.29) is 0 Å². The first kappa shape index (κ1) is 16.8. The van der Waals surface area contributed by atoms with E-state index in [9.17, 15) is 0 Å². The summed E-state index contributed by atoms with van der Waals surface area (Å²) in [5.41, 5.74) is 11.8. The van der Waals surface area contributed by atoms with E-state index in [1.807, 2.05) is 23.7 Å². The maximum absolute atomic E-state index is 5.99. The molecular weight excluding hydrogens is 342 g/mol. The Morgan fingerprint density at radius 2 is 2.29 bits per heavy atom. The molecule has 24 heavy (non-hydrogen) atoms. The van der Waals surface area contributed by atoms with Crippen molar-refractivity contribution in [3.8, 4) is 5.75 Å². The molecule has 0 bridgehead atoms. The Balaban J connectivity index is 1.59. The molecule has 126 valence electrons. The van der Waals surface area contributed by atoms with Crippen molar-refractivity contribution in [1.29, 1.82) is 0 Å². The maximum atomic E-state index is 5.99. The summed E-state index contributed by atoms with van der Waals surface area (Å²) in [6, 6.07) is 5.95. The van der Waals surface area contributed by atoms with E-state index in [4.69, 9.17) is 10.5 Å². The van der Waals surface area contributed by atoms with E-state index in [0.29, 0.717) is 34.4 Å². The third kappa shape index (κ3) is 4.27. The Kier molecular flexibility index (Phi) is 5.37. The van der Waals surface area contributed by atoms with Crippen LogP contribution in [0, 0.1) is 0 Å². The van der Waals surface area contributed by atoms with E-state index in [0.717, 1.165) is 17.7 Å². The number of nitrogens with two attached hydrogens (primary N) is 1. The predicted octanol–water partition coefficient (Wildman–Crippen LogP) is 3.50. The molecule has 1 aliphatic heterocycles. The monoisotopic (exact) mass is 361 g/mol. The van der Waals surface area contributed by atoms with Crippen molar-refractivity contribution in [2.24, 2.45) is 4.99 Å². The standard InChI is InChI=1S/C16H19N5OS2/c1-10(20-16-21-19-9-24-16)12-5-13(17)7-14(6-12)22-4-3-15-11(2)18-8-23-15/h5-9,11,15H,1,3-4,17H2,2H3,(H,20,21). The number of nitrogens with zero attached hydrogens (tertiary/aromatic N) is 3. The van der Waals surface area contributed by atoms with Crippen LogP contribution in [0.4, 0.5) is 10.8 Å². The lowest BCUT2D eigenvalue weighted by molar-refractivity contribution is 0.306. The van der Waals surface area contributed by atoms with E-state index in [1.165, 1.54) is 11.3 Å². The fraction of sp³-hybridized carbons (Fsp3) is 0.312. The van der Waals surface area contributed by atoms with Crippen molar-refractivity contribution in [1.82, 2.24) is 10.2 Å². The Bertz CT molecular complexity index is 732. The van der Waals surface area contributed by atoms with Crippen LogP contribution in [0.2, 0.25) is 0 Å². The zero-order valence-corrected chi connectivity index (χ0v) is 14.9. The van der Waals surface area contributed by atoms with Crippen molar-refractivity contribution in [3.05, 3.63) is 35.9 Å². The fourth-order valence-corrected chi connectivity index (χ4v) is 3.75. The molecule has 3 N–H and O–H groups in total. The van der Waals surface area contributed by atoms with Crippen molar-refractivity contribution < 1.29 is 4.74 Å². The van der Waals surface area contributed by atoms with Gasteiger partial charge in [0.15, 0.2) is 0 Å². The van der Waals surface area contributed by atoms with Gasteiger partial charge in [0, 0.05) is 28.3 Å². The number of thioether (sulfide) groups is 1. The number of hydrogen-bond donors (Lipinski definition) is 2. The van der Waals surface area contributed by atoms with Crippen molar-refractivity contribution >= 4 is 45.2 Å². The summed E-state index contributed by atoms with van der Waals surface area (Å²) in [5, 5.41) is 12.0. The number of aromatic nitrogens is 2. The molecule has 3 rings (SSSR count). The third-order valence-electron chi connectivity index (χ3n) is 3.64. The first-order valence-corrected chi connectivity index (χ1v) is 9.37. The van der Waals surface area contributed by atoms with Crippen LogP contribution in [0.25, 0.3) is 5.70 Å². The van der Waals surface area contributed by atoms with Crippen LogP contribution in [-0.4, -0.2) is 33.6 Å². The van der Waals surface area contributed by atoms with Crippen LogP contribution in [0.1, 0.15) is 18.9 Å². The van der Waals surface area contributed by atoms with Crippen LogP contribution in [-0.2, 0) is 0 Å². The van der Waals surface area contributed by atoms with Crippen LogP contribution in [0.3, 0.4) is 0 Å². The van der Waals surface area contributed by atoms with Crippen LogP contribution in [0.15, 0.2) is 35.3 Å². The molecule has 0 aliphatic carbocycles. The highest BCUT2D eigenvalue weighted by atomic mass is 32.2. The lowest BCUT2D eigenvalue weighted by atomic mass is 10.1. The third-order valence-corrected chi connectivity index (χ3v) is 5.47. The summed E-state index contributed by atoms with van der Waals surface area (Å²) in [6.07, 6.45) is 0.944. The Morgan fingerprint density at radius 3 is 3.00 bits per heavy atom. The Labute approximate surface area is 149 Å². The molecule has 2 unspecified atom stereocenters. The summed E-state index contributed by atoms with van der Waals surface area (Å²) in [4.78, 5) is 4.36. The predicted molar refractivity (Wildman–Crippen MR) is 103 cm³/mol. The molecule has 6 nitrogen and oxygen atoms in total. The Morgan fingerprint density at radius 1 is 1.42 bits per heavy atom. The van der Waals surface area contributed by atoms with Gasteiger partial charge in [-0.05, 0) is 25.5 Å². The molecule has 0 saturated carbocycles. The van der Waals surface area contributed by atoms with E-state index in [2.05, 4.69) is 34.0 Å².